The molecule has 1 amide bonds. The summed E-state index contributed by atoms with van der Waals surface area (Å²) in [5.74, 6) is -0.443. The molecule has 1 rings (SSSR count). The van der Waals surface area contributed by atoms with E-state index in [0.717, 1.165) is 12.8 Å². The minimum atomic E-state index is -0.808. The van der Waals surface area contributed by atoms with Crippen LogP contribution < -0.4 is 10.6 Å². The predicted molar refractivity (Wildman–Crippen MR) is 55.5 cm³/mol. The van der Waals surface area contributed by atoms with Crippen molar-refractivity contribution < 1.29 is 14.7 Å². The fourth-order valence-electron chi connectivity index (χ4n) is 1.33. The summed E-state index contributed by atoms with van der Waals surface area (Å²) in [5.41, 5.74) is 0. The standard InChI is InChI=1S/C10H18N2O3/c1-7(6-9(13)14)11-4-5-12-10(15)8-2-3-8/h7-8,11H,2-6H2,1H3,(H,12,15)(H,13,14). The fraction of sp³-hybridized carbons (Fsp3) is 0.800. The van der Waals surface area contributed by atoms with Crippen molar-refractivity contribution in [2.45, 2.75) is 32.2 Å². The van der Waals surface area contributed by atoms with Crippen molar-refractivity contribution in [3.63, 3.8) is 0 Å². The highest BCUT2D eigenvalue weighted by atomic mass is 16.4. The van der Waals surface area contributed by atoms with Crippen LogP contribution in [0.3, 0.4) is 0 Å². The zero-order valence-corrected chi connectivity index (χ0v) is 8.95. The first-order chi connectivity index (χ1) is 7.09. The van der Waals surface area contributed by atoms with Crippen molar-refractivity contribution in [3.05, 3.63) is 0 Å². The monoisotopic (exact) mass is 214 g/mol. The maximum atomic E-state index is 11.2. The van der Waals surface area contributed by atoms with Crippen LogP contribution >= 0.6 is 0 Å². The van der Waals surface area contributed by atoms with Crippen LogP contribution in [-0.2, 0) is 9.59 Å². The molecule has 0 spiro atoms. The first-order valence-corrected chi connectivity index (χ1v) is 5.32. The second-order valence-corrected chi connectivity index (χ2v) is 4.02. The van der Waals surface area contributed by atoms with Crippen LogP contribution in [-0.4, -0.2) is 36.1 Å². The molecule has 0 saturated heterocycles. The number of carbonyl (C=O) groups excluding carboxylic acids is 1. The highest BCUT2D eigenvalue weighted by molar-refractivity contribution is 5.80. The van der Waals surface area contributed by atoms with Gasteiger partial charge in [-0.1, -0.05) is 0 Å². The van der Waals surface area contributed by atoms with Crippen molar-refractivity contribution in [3.8, 4) is 0 Å². The Hall–Kier alpha value is -1.10. The van der Waals surface area contributed by atoms with Crippen LogP contribution in [0, 0.1) is 5.92 Å². The number of carbonyl (C=O) groups is 2. The van der Waals surface area contributed by atoms with E-state index in [2.05, 4.69) is 10.6 Å². The van der Waals surface area contributed by atoms with Gasteiger partial charge in [-0.3, -0.25) is 9.59 Å². The van der Waals surface area contributed by atoms with Gasteiger partial charge in [0.2, 0.25) is 5.91 Å². The number of hydrogen-bond acceptors (Lipinski definition) is 3. The SMILES string of the molecule is CC(CC(=O)O)NCCNC(=O)C1CC1. The molecule has 15 heavy (non-hydrogen) atoms. The smallest absolute Gasteiger partial charge is 0.304 e. The molecule has 1 atom stereocenters. The van der Waals surface area contributed by atoms with Crippen molar-refractivity contribution >= 4 is 11.9 Å². The molecule has 86 valence electrons. The van der Waals surface area contributed by atoms with E-state index in [0.29, 0.717) is 13.1 Å². The summed E-state index contributed by atoms with van der Waals surface area (Å²) in [5, 5.41) is 14.3. The number of amides is 1. The fourth-order valence-corrected chi connectivity index (χ4v) is 1.33. The molecule has 1 unspecified atom stereocenters. The molecule has 0 heterocycles. The number of aliphatic carboxylic acids is 1. The topological polar surface area (TPSA) is 78.4 Å². The van der Waals surface area contributed by atoms with Gasteiger partial charge in [0, 0.05) is 25.0 Å². The molecule has 0 aromatic heterocycles. The van der Waals surface area contributed by atoms with Gasteiger partial charge in [-0.05, 0) is 19.8 Å². The van der Waals surface area contributed by atoms with Gasteiger partial charge in [-0.15, -0.1) is 0 Å². The van der Waals surface area contributed by atoms with Gasteiger partial charge < -0.3 is 15.7 Å². The molecule has 5 nitrogen and oxygen atoms in total. The summed E-state index contributed by atoms with van der Waals surface area (Å²) in [6, 6.07) is -0.0553. The van der Waals surface area contributed by atoms with Gasteiger partial charge in [0.05, 0.1) is 6.42 Å². The van der Waals surface area contributed by atoms with Crippen molar-refractivity contribution in [2.24, 2.45) is 5.92 Å². The van der Waals surface area contributed by atoms with Gasteiger partial charge in [0.1, 0.15) is 0 Å². The van der Waals surface area contributed by atoms with Crippen molar-refractivity contribution in [1.82, 2.24) is 10.6 Å². The number of carboxylic acid groups (broad SMARTS) is 1. The Bertz CT molecular complexity index is 239. The summed E-state index contributed by atoms with van der Waals surface area (Å²) in [6.45, 7) is 3.00. The maximum absolute atomic E-state index is 11.2. The molecule has 3 N–H and O–H groups in total. The average Bonchev–Trinajstić information content (AvgIpc) is 2.93. The third-order valence-electron chi connectivity index (χ3n) is 2.35. The van der Waals surface area contributed by atoms with Gasteiger partial charge in [-0.25, -0.2) is 0 Å². The Morgan fingerprint density at radius 2 is 2.07 bits per heavy atom. The molecule has 1 aliphatic carbocycles. The zero-order chi connectivity index (χ0) is 11.3. The quantitative estimate of drug-likeness (QED) is 0.520. The highest BCUT2D eigenvalue weighted by Gasteiger charge is 2.28. The number of hydrogen-bond donors (Lipinski definition) is 3. The summed E-state index contributed by atoms with van der Waals surface area (Å²) >= 11 is 0. The van der Waals surface area contributed by atoms with E-state index in [4.69, 9.17) is 5.11 Å². The van der Waals surface area contributed by atoms with Gasteiger partial charge in [0.25, 0.3) is 0 Å². The molecule has 1 fully saturated rings. The minimum Gasteiger partial charge on any atom is -0.481 e. The Balaban J connectivity index is 1.95. The van der Waals surface area contributed by atoms with E-state index in [-0.39, 0.29) is 24.3 Å². The van der Waals surface area contributed by atoms with Crippen LogP contribution in [0.15, 0.2) is 0 Å². The first-order valence-electron chi connectivity index (χ1n) is 5.32. The molecule has 0 aliphatic heterocycles. The van der Waals surface area contributed by atoms with E-state index >= 15 is 0 Å². The molecule has 1 saturated carbocycles. The molecule has 0 radical (unpaired) electrons. The average molecular weight is 214 g/mol. The third kappa shape index (κ3) is 5.37. The van der Waals surface area contributed by atoms with Crippen molar-refractivity contribution in [2.75, 3.05) is 13.1 Å². The van der Waals surface area contributed by atoms with E-state index < -0.39 is 5.97 Å². The number of rotatable bonds is 7. The maximum Gasteiger partial charge on any atom is 0.304 e. The van der Waals surface area contributed by atoms with Crippen LogP contribution in [0.25, 0.3) is 0 Å². The van der Waals surface area contributed by atoms with E-state index in [1.54, 1.807) is 0 Å². The molecule has 0 aromatic rings. The minimum absolute atomic E-state index is 0.0553. The molecular weight excluding hydrogens is 196 g/mol. The Morgan fingerprint density at radius 3 is 2.60 bits per heavy atom. The summed E-state index contributed by atoms with van der Waals surface area (Å²) in [7, 11) is 0. The van der Waals surface area contributed by atoms with Crippen LogP contribution in [0.1, 0.15) is 26.2 Å². The predicted octanol–water partition coefficient (Wildman–Crippen LogP) is -0.0346. The molecule has 0 aromatic carbocycles. The van der Waals surface area contributed by atoms with Crippen LogP contribution in [0.4, 0.5) is 0 Å². The van der Waals surface area contributed by atoms with Gasteiger partial charge >= 0.3 is 5.97 Å². The van der Waals surface area contributed by atoms with E-state index in [1.807, 2.05) is 6.92 Å². The summed E-state index contributed by atoms with van der Waals surface area (Å²) < 4.78 is 0. The largest absolute Gasteiger partial charge is 0.481 e. The lowest BCUT2D eigenvalue weighted by atomic mass is 10.2. The van der Waals surface area contributed by atoms with Gasteiger partial charge in [-0.2, -0.15) is 0 Å². The summed E-state index contributed by atoms with van der Waals surface area (Å²) in [6.07, 6.45) is 2.12. The van der Waals surface area contributed by atoms with Crippen molar-refractivity contribution in [1.29, 1.82) is 0 Å². The Morgan fingerprint density at radius 1 is 1.40 bits per heavy atom. The molecule has 1 aliphatic rings. The Labute approximate surface area is 89.2 Å². The van der Waals surface area contributed by atoms with E-state index in [9.17, 15) is 9.59 Å². The molecule has 5 heteroatoms. The first kappa shape index (κ1) is 12.0. The molecular formula is C10H18N2O3. The van der Waals surface area contributed by atoms with Crippen LogP contribution in [0.5, 0.6) is 0 Å². The number of carboxylic acids is 1. The highest BCUT2D eigenvalue weighted by Crippen LogP contribution is 2.28. The van der Waals surface area contributed by atoms with E-state index in [1.165, 1.54) is 0 Å². The lowest BCUT2D eigenvalue weighted by Gasteiger charge is -2.11. The second-order valence-electron chi connectivity index (χ2n) is 4.02. The normalized spacial score (nSPS) is 17.1. The lowest BCUT2D eigenvalue weighted by Crippen LogP contribution is -2.37. The summed E-state index contributed by atoms with van der Waals surface area (Å²) in [4.78, 5) is 21.5. The number of nitrogens with one attached hydrogen (secondary N) is 2. The zero-order valence-electron chi connectivity index (χ0n) is 8.95. The molecule has 0 bridgehead atoms. The Kier molecular flexibility index (Phi) is 4.55. The van der Waals surface area contributed by atoms with Crippen LogP contribution in [0.2, 0.25) is 0 Å². The lowest BCUT2D eigenvalue weighted by molar-refractivity contribution is -0.137. The second kappa shape index (κ2) is 5.70. The third-order valence-corrected chi connectivity index (χ3v) is 2.35. The van der Waals surface area contributed by atoms with Gasteiger partial charge in [0.15, 0.2) is 0 Å².